The van der Waals surface area contributed by atoms with Gasteiger partial charge in [0.2, 0.25) is 0 Å². The molecule has 0 aliphatic rings. The summed E-state index contributed by atoms with van der Waals surface area (Å²) in [6.07, 6.45) is 2.03. The van der Waals surface area contributed by atoms with Crippen molar-refractivity contribution >= 4 is 23.4 Å². The minimum absolute atomic E-state index is 0.108. The van der Waals surface area contributed by atoms with Gasteiger partial charge in [-0.3, -0.25) is 9.78 Å². The lowest BCUT2D eigenvalue weighted by Crippen LogP contribution is -2.34. The highest BCUT2D eigenvalue weighted by atomic mass is 16.6. The lowest BCUT2D eigenvalue weighted by molar-refractivity contribution is 0.0687. The quantitative estimate of drug-likeness (QED) is 0.291. The number of nitrogen functional groups attached to an aromatic ring is 1. The van der Waals surface area contributed by atoms with E-state index in [1.807, 2.05) is 36.4 Å². The number of hydrogen-bond donors (Lipinski definition) is 3. The number of aliphatic hydroxyl groups excluding tert-OH is 1. The van der Waals surface area contributed by atoms with Crippen molar-refractivity contribution in [2.45, 2.75) is 12.6 Å². The van der Waals surface area contributed by atoms with E-state index in [4.69, 9.17) is 10.5 Å². The average Bonchev–Trinajstić information content (AvgIpc) is 2.94. The van der Waals surface area contributed by atoms with Gasteiger partial charge >= 0.3 is 6.09 Å². The third-order valence-electron chi connectivity index (χ3n) is 5.73. The second-order valence-electron chi connectivity index (χ2n) is 8.34. The number of amides is 2. The maximum Gasteiger partial charge on any atom is 0.411 e. The molecule has 4 N–H and O–H groups in total. The van der Waals surface area contributed by atoms with Crippen molar-refractivity contribution in [3.05, 3.63) is 126 Å². The molecule has 1 atom stereocenters. The van der Waals surface area contributed by atoms with Crippen LogP contribution in [0.4, 0.5) is 16.2 Å². The highest BCUT2D eigenvalue weighted by molar-refractivity contribution is 6.05. The van der Waals surface area contributed by atoms with Crippen LogP contribution >= 0.6 is 0 Å². The van der Waals surface area contributed by atoms with Crippen LogP contribution in [0, 0.1) is 0 Å². The zero-order chi connectivity index (χ0) is 26.0. The fourth-order valence-corrected chi connectivity index (χ4v) is 3.81. The van der Waals surface area contributed by atoms with Crippen LogP contribution in [0.1, 0.15) is 33.2 Å². The number of para-hydroxylation sites is 2. The molecule has 0 saturated heterocycles. The van der Waals surface area contributed by atoms with E-state index in [1.54, 1.807) is 67.0 Å². The average molecular weight is 497 g/mol. The van der Waals surface area contributed by atoms with E-state index in [9.17, 15) is 14.7 Å². The van der Waals surface area contributed by atoms with Gasteiger partial charge in [-0.25, -0.2) is 4.79 Å². The third-order valence-corrected chi connectivity index (χ3v) is 5.73. The van der Waals surface area contributed by atoms with E-state index in [2.05, 4.69) is 10.3 Å². The first kappa shape index (κ1) is 25.4. The summed E-state index contributed by atoms with van der Waals surface area (Å²) in [6.45, 7) is 0.147. The number of nitrogens with zero attached hydrogens (tertiary/aromatic N) is 2. The van der Waals surface area contributed by atoms with Crippen LogP contribution in [0.2, 0.25) is 0 Å². The van der Waals surface area contributed by atoms with Gasteiger partial charge in [0, 0.05) is 24.5 Å². The minimum Gasteiger partial charge on any atom is -0.436 e. The van der Waals surface area contributed by atoms with E-state index < -0.39 is 12.2 Å². The summed E-state index contributed by atoms with van der Waals surface area (Å²) >= 11 is 0. The van der Waals surface area contributed by atoms with Crippen LogP contribution in [0.3, 0.4) is 0 Å². The van der Waals surface area contributed by atoms with Crippen LogP contribution in [-0.2, 0) is 11.3 Å². The Kier molecular flexibility index (Phi) is 8.46. The molecule has 0 radical (unpaired) electrons. The molecule has 3 aromatic carbocycles. The molecule has 37 heavy (non-hydrogen) atoms. The molecule has 0 saturated carbocycles. The summed E-state index contributed by atoms with van der Waals surface area (Å²) in [7, 11) is 0. The molecule has 1 heterocycles. The van der Waals surface area contributed by atoms with Gasteiger partial charge in [0.1, 0.15) is 0 Å². The number of anilines is 2. The Labute approximate surface area is 215 Å². The topological polar surface area (TPSA) is 118 Å². The largest absolute Gasteiger partial charge is 0.436 e. The van der Waals surface area contributed by atoms with E-state index in [0.717, 1.165) is 11.1 Å². The molecule has 0 spiro atoms. The van der Waals surface area contributed by atoms with Gasteiger partial charge in [0.05, 0.1) is 24.5 Å². The van der Waals surface area contributed by atoms with E-state index in [-0.39, 0.29) is 25.6 Å². The van der Waals surface area contributed by atoms with Gasteiger partial charge in [0.15, 0.2) is 6.10 Å². The smallest absolute Gasteiger partial charge is 0.411 e. The van der Waals surface area contributed by atoms with E-state index in [1.165, 1.54) is 4.90 Å². The molecule has 0 unspecified atom stereocenters. The maximum absolute atomic E-state index is 13.2. The molecule has 8 nitrogen and oxygen atoms in total. The molecule has 8 heteroatoms. The third kappa shape index (κ3) is 6.71. The molecule has 0 fully saturated rings. The number of pyridine rings is 1. The first-order chi connectivity index (χ1) is 18.0. The van der Waals surface area contributed by atoms with Crippen LogP contribution < -0.4 is 11.1 Å². The predicted octanol–water partition coefficient (Wildman–Crippen LogP) is 4.64. The Morgan fingerprint density at radius 3 is 2.30 bits per heavy atom. The fraction of sp³-hybridized carbons (Fsp3) is 0.138. The number of nitrogens with two attached hydrogens (primary N) is 1. The zero-order valence-electron chi connectivity index (χ0n) is 20.2. The summed E-state index contributed by atoms with van der Waals surface area (Å²) in [5.41, 5.74) is 9.66. The number of aliphatic hydroxyl groups is 1. The van der Waals surface area contributed by atoms with Crippen LogP contribution in [-0.4, -0.2) is 40.1 Å². The first-order valence-electron chi connectivity index (χ1n) is 11.8. The van der Waals surface area contributed by atoms with Crippen molar-refractivity contribution in [1.82, 2.24) is 9.88 Å². The molecule has 188 valence electrons. The van der Waals surface area contributed by atoms with E-state index in [0.29, 0.717) is 22.5 Å². The van der Waals surface area contributed by atoms with Crippen molar-refractivity contribution in [2.75, 3.05) is 24.2 Å². The second-order valence-corrected chi connectivity index (χ2v) is 8.34. The second kappa shape index (κ2) is 12.3. The molecule has 0 aliphatic heterocycles. The Morgan fingerprint density at radius 2 is 1.62 bits per heavy atom. The molecule has 4 aromatic rings. The lowest BCUT2D eigenvalue weighted by Gasteiger charge is -2.26. The number of hydrogen-bond acceptors (Lipinski definition) is 6. The van der Waals surface area contributed by atoms with E-state index >= 15 is 0 Å². The Bertz CT molecular complexity index is 1310. The number of carbonyl (C=O) groups is 2. The molecular weight excluding hydrogens is 468 g/mol. The Morgan fingerprint density at radius 1 is 0.919 bits per heavy atom. The minimum atomic E-state index is -0.717. The molecular formula is C29H28N4O4. The summed E-state index contributed by atoms with van der Waals surface area (Å²) in [5.74, 6) is -0.303. The highest BCUT2D eigenvalue weighted by Gasteiger charge is 2.24. The molecule has 4 rings (SSSR count). The summed E-state index contributed by atoms with van der Waals surface area (Å²) in [6, 6.07) is 26.9. The molecule has 0 aliphatic carbocycles. The summed E-state index contributed by atoms with van der Waals surface area (Å²) in [5, 5.41) is 12.3. The summed E-state index contributed by atoms with van der Waals surface area (Å²) in [4.78, 5) is 31.5. The number of ether oxygens (including phenoxy) is 1. The van der Waals surface area contributed by atoms with Gasteiger partial charge in [-0.2, -0.15) is 0 Å². The van der Waals surface area contributed by atoms with Gasteiger partial charge in [-0.1, -0.05) is 60.7 Å². The van der Waals surface area contributed by atoms with Crippen molar-refractivity contribution in [3.8, 4) is 0 Å². The molecule has 0 bridgehead atoms. The Hall–Kier alpha value is -4.69. The number of nitrogens with one attached hydrogen (secondary N) is 1. The predicted molar refractivity (Wildman–Crippen MR) is 142 cm³/mol. The SMILES string of the molecule is Nc1ccccc1NC(=O)c1ccc([C@@H](OC(=O)N(CCO)Cc2cccnc2)c2ccccc2)cc1. The van der Waals surface area contributed by atoms with Gasteiger partial charge < -0.3 is 25.8 Å². The fourth-order valence-electron chi connectivity index (χ4n) is 3.81. The zero-order valence-corrected chi connectivity index (χ0v) is 20.2. The Balaban J connectivity index is 1.54. The van der Waals surface area contributed by atoms with Gasteiger partial charge in [-0.05, 0) is 47.0 Å². The van der Waals surface area contributed by atoms with Crippen LogP contribution in [0.5, 0.6) is 0 Å². The highest BCUT2D eigenvalue weighted by Crippen LogP contribution is 2.28. The molecule has 2 amide bonds. The van der Waals surface area contributed by atoms with Crippen LogP contribution in [0.25, 0.3) is 0 Å². The number of rotatable bonds is 9. The van der Waals surface area contributed by atoms with Crippen molar-refractivity contribution < 1.29 is 19.4 Å². The van der Waals surface area contributed by atoms with Crippen molar-refractivity contribution in [2.24, 2.45) is 0 Å². The van der Waals surface area contributed by atoms with Gasteiger partial charge in [-0.15, -0.1) is 0 Å². The monoisotopic (exact) mass is 496 g/mol. The molecule has 1 aromatic heterocycles. The standard InChI is InChI=1S/C29H28N4O4/c30-25-10-4-5-11-26(25)32-28(35)24-14-12-23(13-15-24)27(22-8-2-1-3-9-22)37-29(36)33(17-18-34)20-21-7-6-16-31-19-21/h1-16,19,27,34H,17-18,20,30H2,(H,32,35)/t27-/m0/s1. The summed E-state index contributed by atoms with van der Waals surface area (Å²) < 4.78 is 5.96. The number of benzene rings is 3. The normalized spacial score (nSPS) is 11.4. The maximum atomic E-state index is 13.2. The van der Waals surface area contributed by atoms with Crippen molar-refractivity contribution in [1.29, 1.82) is 0 Å². The van der Waals surface area contributed by atoms with Gasteiger partial charge in [0.25, 0.3) is 5.91 Å². The van der Waals surface area contributed by atoms with Crippen molar-refractivity contribution in [3.63, 3.8) is 0 Å². The number of aromatic nitrogens is 1. The number of carbonyl (C=O) groups excluding carboxylic acids is 2. The van der Waals surface area contributed by atoms with Crippen LogP contribution in [0.15, 0.2) is 103 Å². The first-order valence-corrected chi connectivity index (χ1v) is 11.8. The lowest BCUT2D eigenvalue weighted by atomic mass is 10.00.